The molecular weight excluding hydrogens is 236 g/mol. The van der Waals surface area contributed by atoms with E-state index < -0.39 is 23.2 Å². The maximum Gasteiger partial charge on any atom is 0.257 e. The molecule has 0 atom stereocenters. The van der Waals surface area contributed by atoms with Crippen molar-refractivity contribution in [3.8, 4) is 17.2 Å². The molecule has 6 heteroatoms. The quantitative estimate of drug-likeness (QED) is 0.600. The molecule has 0 fully saturated rings. The van der Waals surface area contributed by atoms with Crippen LogP contribution in [0.15, 0.2) is 36.5 Å². The van der Waals surface area contributed by atoms with E-state index in [9.17, 15) is 15.0 Å². The van der Waals surface area contributed by atoms with Gasteiger partial charge in [0.2, 0.25) is 0 Å². The number of pyridine rings is 1. The lowest BCUT2D eigenvalue weighted by Crippen LogP contribution is -2.12. The third-order valence-corrected chi connectivity index (χ3v) is 2.24. The number of nitrogens with zero attached hydrogens (tertiary/aromatic N) is 1. The number of aromatic hydroxyl groups is 3. The number of nitrogens with one attached hydrogen (secondary N) is 1. The molecule has 0 unspecified atom stereocenters. The SMILES string of the molecule is O=C(Nc1ccccn1)c1cc(O)c(O)c(O)c1. The van der Waals surface area contributed by atoms with Crippen LogP contribution >= 0.6 is 0 Å². The minimum absolute atomic E-state index is 0.00783. The first kappa shape index (κ1) is 11.7. The third-order valence-electron chi connectivity index (χ3n) is 2.24. The van der Waals surface area contributed by atoms with Crippen LogP contribution in [0.1, 0.15) is 10.4 Å². The second-order valence-corrected chi connectivity index (χ2v) is 3.53. The van der Waals surface area contributed by atoms with Gasteiger partial charge in [-0.1, -0.05) is 6.07 Å². The maximum atomic E-state index is 11.8. The summed E-state index contributed by atoms with van der Waals surface area (Å²) in [6.07, 6.45) is 1.52. The van der Waals surface area contributed by atoms with Crippen LogP contribution in [0.3, 0.4) is 0 Å². The largest absolute Gasteiger partial charge is 0.504 e. The molecule has 2 rings (SSSR count). The molecule has 2 aromatic rings. The molecule has 1 aromatic heterocycles. The average Bonchev–Trinajstić information content (AvgIpc) is 2.36. The number of phenolic OH excluding ortho intramolecular Hbond substituents is 3. The molecule has 4 N–H and O–H groups in total. The zero-order valence-electron chi connectivity index (χ0n) is 9.16. The molecule has 0 saturated heterocycles. The number of phenols is 3. The Kier molecular flexibility index (Phi) is 3.01. The number of benzene rings is 1. The van der Waals surface area contributed by atoms with E-state index in [2.05, 4.69) is 10.3 Å². The molecule has 0 radical (unpaired) electrons. The number of carbonyl (C=O) groups excluding carboxylic acids is 1. The summed E-state index contributed by atoms with van der Waals surface area (Å²) in [5.41, 5.74) is 0.00783. The number of carbonyl (C=O) groups is 1. The Balaban J connectivity index is 2.25. The third kappa shape index (κ3) is 2.32. The minimum atomic E-state index is -0.663. The highest BCUT2D eigenvalue weighted by atomic mass is 16.3. The van der Waals surface area contributed by atoms with E-state index in [4.69, 9.17) is 5.11 Å². The van der Waals surface area contributed by atoms with Gasteiger partial charge in [-0.15, -0.1) is 0 Å². The summed E-state index contributed by atoms with van der Waals surface area (Å²) in [5, 5.41) is 30.2. The van der Waals surface area contributed by atoms with E-state index in [-0.39, 0.29) is 5.56 Å². The Morgan fingerprint density at radius 3 is 2.33 bits per heavy atom. The molecule has 18 heavy (non-hydrogen) atoms. The topological polar surface area (TPSA) is 103 Å². The molecule has 6 nitrogen and oxygen atoms in total. The van der Waals surface area contributed by atoms with E-state index in [1.807, 2.05) is 0 Å². The molecule has 0 saturated carbocycles. The maximum absolute atomic E-state index is 11.8. The molecule has 0 bridgehead atoms. The van der Waals surface area contributed by atoms with E-state index in [1.165, 1.54) is 6.20 Å². The second-order valence-electron chi connectivity index (χ2n) is 3.53. The van der Waals surface area contributed by atoms with Gasteiger partial charge in [-0.2, -0.15) is 0 Å². The number of rotatable bonds is 2. The Labute approximate surface area is 102 Å². The normalized spacial score (nSPS) is 10.0. The molecule has 1 aromatic carbocycles. The fourth-order valence-electron chi connectivity index (χ4n) is 1.36. The van der Waals surface area contributed by atoms with Crippen molar-refractivity contribution in [2.75, 3.05) is 5.32 Å². The van der Waals surface area contributed by atoms with Crippen LogP contribution in [0.4, 0.5) is 5.82 Å². The van der Waals surface area contributed by atoms with E-state index >= 15 is 0 Å². The molecule has 0 aliphatic rings. The first-order chi connectivity index (χ1) is 8.58. The van der Waals surface area contributed by atoms with Crippen LogP contribution in [0.25, 0.3) is 0 Å². The first-order valence-corrected chi connectivity index (χ1v) is 5.05. The highest BCUT2D eigenvalue weighted by Gasteiger charge is 2.13. The van der Waals surface area contributed by atoms with Crippen molar-refractivity contribution in [3.63, 3.8) is 0 Å². The predicted molar refractivity (Wildman–Crippen MR) is 63.6 cm³/mol. The lowest BCUT2D eigenvalue weighted by molar-refractivity contribution is 0.102. The Morgan fingerprint density at radius 1 is 1.11 bits per heavy atom. The van der Waals surface area contributed by atoms with Crippen molar-refractivity contribution in [3.05, 3.63) is 42.1 Å². The highest BCUT2D eigenvalue weighted by Crippen LogP contribution is 2.35. The van der Waals surface area contributed by atoms with E-state index in [0.29, 0.717) is 5.82 Å². The summed E-state index contributed by atoms with van der Waals surface area (Å²) in [7, 11) is 0. The van der Waals surface area contributed by atoms with Crippen LogP contribution in [0.5, 0.6) is 17.2 Å². The number of anilines is 1. The number of aromatic nitrogens is 1. The van der Waals surface area contributed by atoms with E-state index in [1.54, 1.807) is 18.2 Å². The summed E-state index contributed by atoms with van der Waals surface area (Å²) in [6.45, 7) is 0. The average molecular weight is 246 g/mol. The summed E-state index contributed by atoms with van der Waals surface area (Å²) in [5.74, 6) is -2.01. The minimum Gasteiger partial charge on any atom is -0.504 e. The van der Waals surface area contributed by atoms with Crippen LogP contribution in [-0.2, 0) is 0 Å². The van der Waals surface area contributed by atoms with Crippen molar-refractivity contribution in [2.45, 2.75) is 0 Å². The van der Waals surface area contributed by atoms with Crippen LogP contribution < -0.4 is 5.32 Å². The van der Waals surface area contributed by atoms with Crippen molar-refractivity contribution in [2.24, 2.45) is 0 Å². The lowest BCUT2D eigenvalue weighted by Gasteiger charge is -2.06. The van der Waals surface area contributed by atoms with Gasteiger partial charge in [0.1, 0.15) is 5.82 Å². The number of hydrogen-bond donors (Lipinski definition) is 4. The van der Waals surface area contributed by atoms with E-state index in [0.717, 1.165) is 12.1 Å². The predicted octanol–water partition coefficient (Wildman–Crippen LogP) is 1.45. The Bertz CT molecular complexity index is 561. The molecule has 0 spiro atoms. The van der Waals surface area contributed by atoms with Crippen molar-refractivity contribution >= 4 is 11.7 Å². The molecule has 1 heterocycles. The Morgan fingerprint density at radius 2 is 1.78 bits per heavy atom. The number of amides is 1. The Hall–Kier alpha value is -2.76. The monoisotopic (exact) mass is 246 g/mol. The van der Waals surface area contributed by atoms with Gasteiger partial charge in [-0.25, -0.2) is 4.98 Å². The van der Waals surface area contributed by atoms with Crippen molar-refractivity contribution in [1.29, 1.82) is 0 Å². The van der Waals surface area contributed by atoms with Gasteiger partial charge in [0.15, 0.2) is 17.2 Å². The lowest BCUT2D eigenvalue weighted by atomic mass is 10.1. The summed E-state index contributed by atoms with van der Waals surface area (Å²) in [4.78, 5) is 15.7. The molecule has 92 valence electrons. The smallest absolute Gasteiger partial charge is 0.257 e. The van der Waals surface area contributed by atoms with Gasteiger partial charge in [0, 0.05) is 11.8 Å². The van der Waals surface area contributed by atoms with Gasteiger partial charge in [-0.05, 0) is 24.3 Å². The van der Waals surface area contributed by atoms with Crippen molar-refractivity contribution in [1.82, 2.24) is 4.98 Å². The second kappa shape index (κ2) is 4.62. The fraction of sp³-hybridized carbons (Fsp3) is 0. The zero-order chi connectivity index (χ0) is 13.1. The molecule has 0 aliphatic heterocycles. The van der Waals surface area contributed by atoms with Gasteiger partial charge in [0.05, 0.1) is 0 Å². The molecule has 1 amide bonds. The van der Waals surface area contributed by atoms with Gasteiger partial charge in [0.25, 0.3) is 5.91 Å². The molecular formula is C12H10N2O4. The van der Waals surface area contributed by atoms with Crippen LogP contribution in [0.2, 0.25) is 0 Å². The fourth-order valence-corrected chi connectivity index (χ4v) is 1.36. The summed E-state index contributed by atoms with van der Waals surface area (Å²) >= 11 is 0. The highest BCUT2D eigenvalue weighted by molar-refractivity contribution is 6.04. The zero-order valence-corrected chi connectivity index (χ0v) is 9.16. The van der Waals surface area contributed by atoms with Gasteiger partial charge >= 0.3 is 0 Å². The summed E-state index contributed by atoms with van der Waals surface area (Å²) in [6, 6.07) is 7.10. The van der Waals surface area contributed by atoms with Crippen LogP contribution in [-0.4, -0.2) is 26.2 Å². The summed E-state index contributed by atoms with van der Waals surface area (Å²) < 4.78 is 0. The van der Waals surface area contributed by atoms with Crippen molar-refractivity contribution < 1.29 is 20.1 Å². The van der Waals surface area contributed by atoms with Gasteiger partial charge < -0.3 is 20.6 Å². The standard InChI is InChI=1S/C12H10N2O4/c15-8-5-7(6-9(16)11(8)17)12(18)14-10-3-1-2-4-13-10/h1-6,15-17H,(H,13,14,18). The number of hydrogen-bond acceptors (Lipinski definition) is 5. The van der Waals surface area contributed by atoms with Gasteiger partial charge in [-0.3, -0.25) is 4.79 Å². The van der Waals surface area contributed by atoms with Crippen LogP contribution in [0, 0.1) is 0 Å². The first-order valence-electron chi connectivity index (χ1n) is 5.05. The molecule has 0 aliphatic carbocycles.